The Hall–Kier alpha value is -3.24. The summed E-state index contributed by atoms with van der Waals surface area (Å²) in [6.45, 7) is 1.48. The van der Waals surface area contributed by atoms with Crippen LogP contribution >= 0.6 is 0 Å². The molecule has 0 aliphatic heterocycles. The number of ether oxygens (including phenoxy) is 1. The standard InChI is InChI=1S/C17H15F4N5O2/c1-10-2-4-12(26-9-22-24-25-26)7-15(10)28-8-16(27)23-11-3-5-14(18)13(6-11)17(19,20)21/h3-7,9-10H,2,8H2,1H3,(H,23,27). The summed E-state index contributed by atoms with van der Waals surface area (Å²) >= 11 is 0. The Bertz CT molecular complexity index is 922. The van der Waals surface area contributed by atoms with Crippen molar-refractivity contribution in [1.82, 2.24) is 20.2 Å². The van der Waals surface area contributed by atoms with Crippen LogP contribution in [0.4, 0.5) is 23.2 Å². The fourth-order valence-electron chi connectivity index (χ4n) is 2.55. The second kappa shape index (κ2) is 7.79. The molecule has 1 aliphatic carbocycles. The lowest BCUT2D eigenvalue weighted by Gasteiger charge is -2.20. The predicted octanol–water partition coefficient (Wildman–Crippen LogP) is 3.25. The maximum Gasteiger partial charge on any atom is 0.419 e. The van der Waals surface area contributed by atoms with Crippen LogP contribution in [0.5, 0.6) is 0 Å². The second-order valence-electron chi connectivity index (χ2n) is 6.10. The monoisotopic (exact) mass is 397 g/mol. The molecule has 1 amide bonds. The van der Waals surface area contributed by atoms with Crippen molar-refractivity contribution in [1.29, 1.82) is 0 Å². The molecule has 2 aromatic rings. The van der Waals surface area contributed by atoms with Crippen LogP contribution in [0.3, 0.4) is 0 Å². The zero-order valence-corrected chi connectivity index (χ0v) is 14.6. The van der Waals surface area contributed by atoms with E-state index in [1.165, 1.54) is 11.0 Å². The van der Waals surface area contributed by atoms with Gasteiger partial charge in [0.15, 0.2) is 6.61 Å². The number of benzene rings is 1. The number of halogens is 4. The molecule has 1 N–H and O–H groups in total. The number of nitrogens with zero attached hydrogens (tertiary/aromatic N) is 4. The summed E-state index contributed by atoms with van der Waals surface area (Å²) in [5, 5.41) is 13.1. The van der Waals surface area contributed by atoms with Crippen LogP contribution in [0.25, 0.3) is 5.70 Å². The number of allylic oxidation sites excluding steroid dienone is 4. The third-order valence-electron chi connectivity index (χ3n) is 4.00. The maximum absolute atomic E-state index is 13.3. The Morgan fingerprint density at radius 1 is 1.39 bits per heavy atom. The van der Waals surface area contributed by atoms with Gasteiger partial charge in [-0.15, -0.1) is 5.10 Å². The topological polar surface area (TPSA) is 81.9 Å². The first-order valence-corrected chi connectivity index (χ1v) is 8.18. The fourth-order valence-corrected chi connectivity index (χ4v) is 2.55. The van der Waals surface area contributed by atoms with Crippen molar-refractivity contribution in [3.63, 3.8) is 0 Å². The van der Waals surface area contributed by atoms with E-state index in [1.54, 1.807) is 6.08 Å². The number of rotatable bonds is 5. The number of amides is 1. The predicted molar refractivity (Wildman–Crippen MR) is 89.9 cm³/mol. The second-order valence-corrected chi connectivity index (χ2v) is 6.10. The molecule has 1 aliphatic rings. The molecule has 7 nitrogen and oxygen atoms in total. The van der Waals surface area contributed by atoms with Gasteiger partial charge in [0.05, 0.1) is 11.3 Å². The third-order valence-corrected chi connectivity index (χ3v) is 4.00. The van der Waals surface area contributed by atoms with Gasteiger partial charge in [-0.3, -0.25) is 4.79 Å². The molecule has 1 atom stereocenters. The molecular formula is C17H15F4N5O2. The molecule has 1 aromatic heterocycles. The lowest BCUT2D eigenvalue weighted by atomic mass is 9.99. The van der Waals surface area contributed by atoms with Crippen LogP contribution < -0.4 is 5.32 Å². The number of aromatic nitrogens is 4. The van der Waals surface area contributed by atoms with E-state index >= 15 is 0 Å². The summed E-state index contributed by atoms with van der Waals surface area (Å²) in [5.41, 5.74) is -0.958. The van der Waals surface area contributed by atoms with Gasteiger partial charge in [-0.1, -0.05) is 13.0 Å². The SMILES string of the molecule is CC1CC=C(n2cnnn2)C=C1OCC(=O)Nc1ccc(F)c(C(F)(F)F)c1. The van der Waals surface area contributed by atoms with Crippen molar-refractivity contribution in [2.24, 2.45) is 5.92 Å². The number of tetrazole rings is 1. The van der Waals surface area contributed by atoms with E-state index in [0.29, 0.717) is 30.0 Å². The van der Waals surface area contributed by atoms with Gasteiger partial charge in [-0.25, -0.2) is 9.07 Å². The maximum atomic E-state index is 13.3. The minimum Gasteiger partial charge on any atom is -0.488 e. The lowest BCUT2D eigenvalue weighted by molar-refractivity contribution is -0.140. The number of nitrogens with one attached hydrogen (secondary N) is 1. The van der Waals surface area contributed by atoms with Crippen molar-refractivity contribution in [2.45, 2.75) is 19.5 Å². The first-order valence-electron chi connectivity index (χ1n) is 8.18. The molecule has 1 aromatic carbocycles. The molecule has 0 radical (unpaired) electrons. The summed E-state index contributed by atoms with van der Waals surface area (Å²) in [5.74, 6) is -1.58. The summed E-state index contributed by atoms with van der Waals surface area (Å²) in [6, 6.07) is 2.23. The molecule has 11 heteroatoms. The van der Waals surface area contributed by atoms with E-state index < -0.39 is 30.1 Å². The van der Waals surface area contributed by atoms with Crippen molar-refractivity contribution >= 4 is 17.3 Å². The lowest BCUT2D eigenvalue weighted by Crippen LogP contribution is -2.21. The van der Waals surface area contributed by atoms with Crippen molar-refractivity contribution < 1.29 is 27.1 Å². The molecule has 0 saturated heterocycles. The molecule has 0 spiro atoms. The number of hydrogen-bond acceptors (Lipinski definition) is 5. The Labute approximate surface area is 156 Å². The molecule has 0 saturated carbocycles. The largest absolute Gasteiger partial charge is 0.488 e. The van der Waals surface area contributed by atoms with Gasteiger partial charge in [0, 0.05) is 17.7 Å². The average molecular weight is 397 g/mol. The molecule has 0 bridgehead atoms. The van der Waals surface area contributed by atoms with E-state index in [1.807, 2.05) is 13.0 Å². The summed E-state index contributed by atoms with van der Waals surface area (Å²) in [4.78, 5) is 12.0. The number of alkyl halides is 3. The highest BCUT2D eigenvalue weighted by molar-refractivity contribution is 5.91. The van der Waals surface area contributed by atoms with E-state index in [2.05, 4.69) is 20.8 Å². The number of anilines is 1. The van der Waals surface area contributed by atoms with Gasteiger partial charge in [0.2, 0.25) is 0 Å². The molecule has 28 heavy (non-hydrogen) atoms. The molecule has 0 fully saturated rings. The van der Waals surface area contributed by atoms with Gasteiger partial charge in [-0.05, 0) is 35.0 Å². The first-order chi connectivity index (χ1) is 13.2. The number of carbonyl (C=O) groups is 1. The van der Waals surface area contributed by atoms with Crippen molar-refractivity contribution in [3.8, 4) is 0 Å². The molecular weight excluding hydrogens is 382 g/mol. The van der Waals surface area contributed by atoms with Gasteiger partial charge >= 0.3 is 6.18 Å². The zero-order chi connectivity index (χ0) is 20.3. The summed E-state index contributed by atoms with van der Waals surface area (Å²) in [7, 11) is 0. The van der Waals surface area contributed by atoms with E-state index in [-0.39, 0.29) is 11.6 Å². The minimum absolute atomic E-state index is 0.00400. The van der Waals surface area contributed by atoms with Crippen LogP contribution in [0, 0.1) is 11.7 Å². The van der Waals surface area contributed by atoms with Crippen LogP contribution in [0.15, 0.2) is 42.4 Å². The Balaban J connectivity index is 1.63. The first kappa shape index (κ1) is 19.5. The highest BCUT2D eigenvalue weighted by Crippen LogP contribution is 2.33. The van der Waals surface area contributed by atoms with E-state index in [9.17, 15) is 22.4 Å². The number of carbonyl (C=O) groups excluding carboxylic acids is 1. The van der Waals surface area contributed by atoms with Gasteiger partial charge in [0.1, 0.15) is 17.9 Å². The third kappa shape index (κ3) is 4.53. The quantitative estimate of drug-likeness (QED) is 0.784. The van der Waals surface area contributed by atoms with Gasteiger partial charge < -0.3 is 10.1 Å². The Morgan fingerprint density at radius 2 is 2.18 bits per heavy atom. The molecule has 3 rings (SSSR count). The zero-order valence-electron chi connectivity index (χ0n) is 14.6. The Morgan fingerprint density at radius 3 is 2.86 bits per heavy atom. The molecule has 1 heterocycles. The highest BCUT2D eigenvalue weighted by atomic mass is 19.4. The molecule has 148 valence electrons. The van der Waals surface area contributed by atoms with Crippen molar-refractivity contribution in [3.05, 3.63) is 53.8 Å². The van der Waals surface area contributed by atoms with Gasteiger partial charge in [-0.2, -0.15) is 13.2 Å². The summed E-state index contributed by atoms with van der Waals surface area (Å²) < 4.78 is 58.5. The normalized spacial score (nSPS) is 17.0. The van der Waals surface area contributed by atoms with Crippen LogP contribution in [-0.4, -0.2) is 32.7 Å². The average Bonchev–Trinajstić information content (AvgIpc) is 3.16. The van der Waals surface area contributed by atoms with Crippen LogP contribution in [-0.2, 0) is 15.7 Å². The van der Waals surface area contributed by atoms with E-state index in [0.717, 1.165) is 6.07 Å². The van der Waals surface area contributed by atoms with Gasteiger partial charge in [0.25, 0.3) is 5.91 Å². The van der Waals surface area contributed by atoms with E-state index in [4.69, 9.17) is 4.74 Å². The Kier molecular flexibility index (Phi) is 5.43. The fraction of sp³-hybridized carbons (Fsp3) is 0.294. The molecule has 1 unspecified atom stereocenters. The smallest absolute Gasteiger partial charge is 0.419 e. The highest BCUT2D eigenvalue weighted by Gasteiger charge is 2.34. The summed E-state index contributed by atoms with van der Waals surface area (Å²) in [6.07, 6.45) is 0.774. The van der Waals surface area contributed by atoms with Crippen LogP contribution in [0.1, 0.15) is 18.9 Å². The van der Waals surface area contributed by atoms with Crippen molar-refractivity contribution in [2.75, 3.05) is 11.9 Å². The number of hydrogen-bond donors (Lipinski definition) is 1. The van der Waals surface area contributed by atoms with Crippen LogP contribution in [0.2, 0.25) is 0 Å². The minimum atomic E-state index is -4.86.